The van der Waals surface area contributed by atoms with Crippen LogP contribution < -0.4 is 25.7 Å². The zero-order chi connectivity index (χ0) is 59.8. The number of amides is 2. The molecule has 2 aliphatic heterocycles. The van der Waals surface area contributed by atoms with Crippen molar-refractivity contribution in [2.75, 3.05) is 57.8 Å². The summed E-state index contributed by atoms with van der Waals surface area (Å²) in [6, 6.07) is 31.8. The van der Waals surface area contributed by atoms with Crippen molar-refractivity contribution in [3.05, 3.63) is 183 Å². The molecule has 4 aromatic carbocycles. The van der Waals surface area contributed by atoms with Crippen molar-refractivity contribution in [3.8, 4) is 11.5 Å². The molecule has 0 saturated carbocycles. The van der Waals surface area contributed by atoms with Crippen molar-refractivity contribution in [3.63, 3.8) is 0 Å². The summed E-state index contributed by atoms with van der Waals surface area (Å²) in [5.41, 5.74) is 9.04. The van der Waals surface area contributed by atoms with Crippen molar-refractivity contribution in [1.82, 2.24) is 39.0 Å². The van der Waals surface area contributed by atoms with E-state index >= 15 is 8.96 Å². The Morgan fingerprint density at radius 2 is 1.46 bits per heavy atom. The first-order valence-corrected chi connectivity index (χ1v) is 28.0. The minimum Gasteiger partial charge on any atom is -0.497 e. The minimum absolute atomic E-state index is 0.000932. The lowest BCUT2D eigenvalue weighted by molar-refractivity contribution is -0.119. The number of fused-ring (bicyclic) bond motifs is 2. The van der Waals surface area contributed by atoms with E-state index in [1.165, 1.54) is 36.0 Å². The number of aliphatic hydroxyl groups is 1. The number of H-pyrrole nitrogens is 1. The zero-order valence-corrected chi connectivity index (χ0v) is 46.8. The molecule has 0 radical (unpaired) electrons. The van der Waals surface area contributed by atoms with Crippen molar-refractivity contribution >= 4 is 53.7 Å². The highest BCUT2D eigenvalue weighted by atomic mass is 31.2. The molecule has 4 N–H and O–H groups in total. The Morgan fingerprint density at radius 3 is 2.08 bits per heavy atom. The van der Waals surface area contributed by atoms with E-state index < -0.39 is 112 Å². The smallest absolute Gasteiger partial charge is 0.475 e. The molecule has 0 aliphatic carbocycles. The number of hydrogen-bond donors (Lipinski definition) is 4. The molecule has 85 heavy (non-hydrogen) atoms. The average molecular weight is 1180 g/mol. The molecule has 4 aromatic heterocycles. The summed E-state index contributed by atoms with van der Waals surface area (Å²) < 4.78 is 84.9. The number of methoxy groups -OCH3 is 2. The van der Waals surface area contributed by atoms with E-state index in [0.29, 0.717) is 33.8 Å². The Kier molecular flexibility index (Phi) is 18.0. The number of imidazole rings is 2. The Morgan fingerprint density at radius 1 is 0.835 bits per heavy atom. The van der Waals surface area contributed by atoms with Crippen LogP contribution in [0, 0.1) is 18.4 Å². The number of phosphoric ester groups is 1. The molecule has 440 valence electrons. The number of hydrogen-bond acceptors (Lipinski definition) is 19. The number of aliphatic hydroxyl groups excluding tert-OH is 1. The van der Waals surface area contributed by atoms with Gasteiger partial charge in [-0.25, -0.2) is 35.5 Å². The summed E-state index contributed by atoms with van der Waals surface area (Å²) in [5, 5.41) is 20.6. The maximum atomic E-state index is 17.4. The number of alkyl halides is 1. The number of aromatic nitrogens is 8. The number of anilines is 2. The first kappa shape index (κ1) is 59.2. The second-order valence-corrected chi connectivity index (χ2v) is 21.3. The highest BCUT2D eigenvalue weighted by Crippen LogP contribution is 2.55. The number of aromatic amines is 1. The Balaban J connectivity index is 1.03. The lowest BCUT2D eigenvalue weighted by atomic mass is 9.79. The Labute approximate surface area is 483 Å². The maximum Gasteiger partial charge on any atom is 0.475 e. The molecule has 9 atom stereocenters. The van der Waals surface area contributed by atoms with Crippen LogP contribution in [-0.4, -0.2) is 134 Å². The fraction of sp³-hybridized carbons (Fsp3) is 0.339. The van der Waals surface area contributed by atoms with Crippen LogP contribution in [0.15, 0.2) is 138 Å². The topological polar surface area (TPSA) is 330 Å². The van der Waals surface area contributed by atoms with Crippen molar-refractivity contribution in [2.45, 2.75) is 62.5 Å². The molecular weight excluding hydrogens is 1130 g/mol. The summed E-state index contributed by atoms with van der Waals surface area (Å²) in [5.74, 6) is -1.75. The second kappa shape index (κ2) is 25.9. The number of nitrogens with one attached hydrogen (secondary N) is 3. The maximum absolute atomic E-state index is 17.4. The number of phosphoric acid groups is 1. The van der Waals surface area contributed by atoms with Crippen LogP contribution in [0.3, 0.4) is 0 Å². The highest BCUT2D eigenvalue weighted by Gasteiger charge is 2.55. The molecule has 0 bridgehead atoms. The monoisotopic (exact) mass is 1180 g/mol. The van der Waals surface area contributed by atoms with Gasteiger partial charge in [-0.1, -0.05) is 91.8 Å². The Hall–Kier alpha value is -9.00. The molecule has 6 heterocycles. The highest BCUT2D eigenvalue weighted by molar-refractivity contribution is 7.48. The van der Waals surface area contributed by atoms with Crippen LogP contribution in [-0.2, 0) is 42.7 Å². The first-order valence-electron chi connectivity index (χ1n) is 26.5. The van der Waals surface area contributed by atoms with Crippen LogP contribution in [0.2, 0.25) is 0 Å². The largest absolute Gasteiger partial charge is 0.497 e. The molecule has 10 rings (SSSR count). The molecule has 2 fully saturated rings. The van der Waals surface area contributed by atoms with Gasteiger partial charge in [0.05, 0.1) is 58.8 Å². The number of benzene rings is 4. The average Bonchev–Trinajstić information content (AvgIpc) is 2.60. The van der Waals surface area contributed by atoms with Crippen LogP contribution in [0.4, 0.5) is 16.2 Å². The second-order valence-electron chi connectivity index (χ2n) is 19.7. The molecule has 0 spiro atoms. The molecular formula is C56H56FN14O13P. The summed E-state index contributed by atoms with van der Waals surface area (Å²) in [7, 11) is -2.05. The van der Waals surface area contributed by atoms with Gasteiger partial charge in [0.25, 0.3) is 11.5 Å². The fourth-order valence-corrected chi connectivity index (χ4v) is 11.4. The van der Waals surface area contributed by atoms with Gasteiger partial charge in [-0.05, 0) is 58.6 Å². The van der Waals surface area contributed by atoms with E-state index in [1.807, 2.05) is 54.6 Å². The lowest BCUT2D eigenvalue weighted by Crippen LogP contribution is -2.43. The molecule has 9 unspecified atom stereocenters. The summed E-state index contributed by atoms with van der Waals surface area (Å²) in [4.78, 5) is 70.3. The predicted molar refractivity (Wildman–Crippen MR) is 302 cm³/mol. The van der Waals surface area contributed by atoms with E-state index in [4.69, 9.17) is 43.8 Å². The SMILES string of the molecule is [C-]#[N+]CCOP(=O)(OCC1OC(n2cnc3c(=O)[nH]c(NC(=O)C(C)C)nc32)C(OC(c2ccccc2)(c2ccc(OC)cc2)c2ccc(OC)cc2)C1CO)OC1C(CN=[N+]=[N-])OC(n2cnc3c(NC(=O)c4ccccc4)ncnc32)C1F. The number of rotatable bonds is 24. The van der Waals surface area contributed by atoms with E-state index in [9.17, 15) is 25.0 Å². The van der Waals surface area contributed by atoms with Gasteiger partial charge in [0.2, 0.25) is 18.4 Å². The number of nitrogens with zero attached hydrogens (tertiary/aromatic N) is 11. The van der Waals surface area contributed by atoms with Gasteiger partial charge in [-0.2, -0.15) is 4.98 Å². The van der Waals surface area contributed by atoms with Crippen LogP contribution in [0.5, 0.6) is 11.5 Å². The standard InChI is InChI=1S/C56H56FN14O13P/c1-32(2)50(73)67-55-66-49-44(52(75)68-55)63-31-71(49)54-45(83-56(34-14-10-7-11-15-34,35-16-20-37(77-4)21-17-35)36-18-22-38(78-5)23-19-36)39(27-72)41(82-54)28-80-85(76,79-25-24-59-3)84-46-40(26-64-69-58)81-53(42(46)57)70-30-62-43-47(60-29-61-48(43)70)65-51(74)33-12-8-6-9-13-33/h6-23,29-32,39-42,45-46,53-54,72H,24-28H2,1-2,4-5H3,(H,60,61,65,74)(H2,66,67,68,73,75). The lowest BCUT2D eigenvalue weighted by Gasteiger charge is -2.40. The van der Waals surface area contributed by atoms with Crippen molar-refractivity contribution < 1.29 is 60.9 Å². The third-order valence-corrected chi connectivity index (χ3v) is 15.7. The number of azide groups is 1. The van der Waals surface area contributed by atoms with E-state index in [1.54, 1.807) is 68.4 Å². The molecule has 27 nitrogen and oxygen atoms in total. The van der Waals surface area contributed by atoms with Gasteiger partial charge in [-0.3, -0.25) is 47.4 Å². The van der Waals surface area contributed by atoms with Crippen LogP contribution in [0.25, 0.3) is 37.6 Å². The van der Waals surface area contributed by atoms with Crippen LogP contribution in [0.1, 0.15) is 53.4 Å². The van der Waals surface area contributed by atoms with Gasteiger partial charge in [0.15, 0.2) is 46.8 Å². The number of carbonyl (C=O) groups is 2. The molecule has 2 amide bonds. The molecule has 29 heteroatoms. The van der Waals surface area contributed by atoms with Gasteiger partial charge in [0, 0.05) is 22.3 Å². The van der Waals surface area contributed by atoms with Gasteiger partial charge >= 0.3 is 7.82 Å². The van der Waals surface area contributed by atoms with Gasteiger partial charge < -0.3 is 39.0 Å². The third-order valence-electron chi connectivity index (χ3n) is 14.3. The number of carbonyl (C=O) groups excluding carboxylic acids is 2. The molecule has 8 aromatic rings. The Bertz CT molecular complexity index is 3820. The van der Waals surface area contributed by atoms with Crippen molar-refractivity contribution in [1.29, 1.82) is 0 Å². The first-order chi connectivity index (χ1) is 41.2. The van der Waals surface area contributed by atoms with Gasteiger partial charge in [0.1, 0.15) is 42.2 Å². The van der Waals surface area contributed by atoms with Crippen LogP contribution >= 0.6 is 7.82 Å². The van der Waals surface area contributed by atoms with Gasteiger partial charge in [-0.15, -0.1) is 0 Å². The zero-order valence-electron chi connectivity index (χ0n) is 45.9. The van der Waals surface area contributed by atoms with Crippen molar-refractivity contribution in [2.24, 2.45) is 17.0 Å². The van der Waals surface area contributed by atoms with E-state index in [2.05, 4.69) is 55.4 Å². The predicted octanol–water partition coefficient (Wildman–Crippen LogP) is 7.70. The number of ether oxygens (including phenoxy) is 5. The third kappa shape index (κ3) is 12.2. The molecule has 2 aliphatic rings. The molecule has 2 saturated heterocycles. The fourth-order valence-electron chi connectivity index (χ4n) is 10.0. The van der Waals surface area contributed by atoms with E-state index in [0.717, 1.165) is 6.33 Å². The van der Waals surface area contributed by atoms with E-state index in [-0.39, 0.29) is 40.6 Å². The normalized spacial score (nSPS) is 21.1. The minimum atomic E-state index is -5.11. The summed E-state index contributed by atoms with van der Waals surface area (Å²) >= 11 is 0. The summed E-state index contributed by atoms with van der Waals surface area (Å²) in [6.45, 7) is 7.89. The quantitative estimate of drug-likeness (QED) is 0.00856. The number of halogens is 1. The summed E-state index contributed by atoms with van der Waals surface area (Å²) in [6.07, 6.45) is -7.68.